The van der Waals surface area contributed by atoms with Crippen molar-refractivity contribution in [2.45, 2.75) is 18.6 Å². The topological polar surface area (TPSA) is 73.5 Å². The van der Waals surface area contributed by atoms with Crippen molar-refractivity contribution in [3.05, 3.63) is 0 Å². The third-order valence-electron chi connectivity index (χ3n) is 0.902. The third kappa shape index (κ3) is 3.54. The number of hydrogen-bond donors (Lipinski definition) is 2. The minimum absolute atomic E-state index is 1.19. The summed E-state index contributed by atoms with van der Waals surface area (Å²) in [7, 11) is 0. The number of nitrogens with one attached hydrogen (secondary N) is 1. The van der Waals surface area contributed by atoms with Gasteiger partial charge in [0.1, 0.15) is 0 Å². The molecule has 0 aromatic heterocycles. The zero-order chi connectivity index (χ0) is 9.07. The first kappa shape index (κ1) is 9.86. The molecule has 0 fully saturated rings. The van der Waals surface area contributed by atoms with Crippen LogP contribution in [-0.2, 0) is 4.79 Å². The zero-order valence-electron chi connectivity index (χ0n) is 5.22. The van der Waals surface area contributed by atoms with E-state index >= 15 is 0 Å². The third-order valence-corrected chi connectivity index (χ3v) is 0.902. The lowest BCUT2D eigenvalue weighted by Gasteiger charge is -2.11. The molecular formula is C4H5F3N2O2. The summed E-state index contributed by atoms with van der Waals surface area (Å²) in [6.45, 7) is 0. The first-order valence-electron chi connectivity index (χ1n) is 2.53. The van der Waals surface area contributed by atoms with Crippen LogP contribution < -0.4 is 0 Å². The standard InChI is InChI=1S/C4H5F3N2O2/c5-4(6,7)2(9-8)1-3(10)11/h2,8H,1H2,(H,10,11). The molecule has 0 spiro atoms. The second kappa shape index (κ2) is 3.31. The van der Waals surface area contributed by atoms with Crippen LogP contribution in [0.4, 0.5) is 13.2 Å². The van der Waals surface area contributed by atoms with Gasteiger partial charge in [0.25, 0.3) is 0 Å². The maximum Gasteiger partial charge on any atom is 0.413 e. The summed E-state index contributed by atoms with van der Waals surface area (Å²) in [5.74, 6) is -1.62. The number of aliphatic carboxylic acids is 1. The van der Waals surface area contributed by atoms with Gasteiger partial charge in [-0.2, -0.15) is 18.3 Å². The van der Waals surface area contributed by atoms with Crippen molar-refractivity contribution in [3.63, 3.8) is 0 Å². The summed E-state index contributed by atoms with van der Waals surface area (Å²) >= 11 is 0. The molecule has 64 valence electrons. The van der Waals surface area contributed by atoms with Gasteiger partial charge in [-0.3, -0.25) is 4.79 Å². The Balaban J connectivity index is 4.18. The first-order chi connectivity index (χ1) is 4.88. The maximum absolute atomic E-state index is 11.6. The van der Waals surface area contributed by atoms with Crippen LogP contribution in [0.1, 0.15) is 6.42 Å². The fourth-order valence-electron chi connectivity index (χ4n) is 0.400. The van der Waals surface area contributed by atoms with Crippen molar-refractivity contribution in [1.29, 1.82) is 5.53 Å². The lowest BCUT2D eigenvalue weighted by Crippen LogP contribution is -2.28. The van der Waals surface area contributed by atoms with Crippen LogP contribution in [0.3, 0.4) is 0 Å². The van der Waals surface area contributed by atoms with Crippen LogP contribution in [0.5, 0.6) is 0 Å². The molecule has 4 nitrogen and oxygen atoms in total. The van der Waals surface area contributed by atoms with Crippen LogP contribution in [0.2, 0.25) is 0 Å². The summed E-state index contributed by atoms with van der Waals surface area (Å²) in [6.07, 6.45) is -5.92. The predicted molar refractivity (Wildman–Crippen MR) is 27.2 cm³/mol. The molecule has 1 unspecified atom stereocenters. The van der Waals surface area contributed by atoms with E-state index in [0.717, 1.165) is 0 Å². The Kier molecular flexibility index (Phi) is 2.97. The summed E-state index contributed by atoms with van der Waals surface area (Å²) in [5.41, 5.74) is 6.05. The van der Waals surface area contributed by atoms with Gasteiger partial charge in [-0.15, -0.1) is 0 Å². The zero-order valence-corrected chi connectivity index (χ0v) is 5.22. The smallest absolute Gasteiger partial charge is 0.413 e. The SMILES string of the molecule is N=NC(CC(=O)O)C(F)(F)F. The maximum atomic E-state index is 11.6. The summed E-state index contributed by atoms with van der Waals surface area (Å²) < 4.78 is 34.8. The Morgan fingerprint density at radius 2 is 2.09 bits per heavy atom. The van der Waals surface area contributed by atoms with Gasteiger partial charge >= 0.3 is 12.1 Å². The number of carbonyl (C=O) groups is 1. The molecule has 0 aliphatic heterocycles. The van der Waals surface area contributed by atoms with E-state index in [1.807, 2.05) is 0 Å². The van der Waals surface area contributed by atoms with Crippen LogP contribution in [0.15, 0.2) is 5.11 Å². The summed E-state index contributed by atoms with van der Waals surface area (Å²) in [4.78, 5) is 9.77. The minimum Gasteiger partial charge on any atom is -0.481 e. The summed E-state index contributed by atoms with van der Waals surface area (Å²) in [6, 6.07) is -2.42. The van der Waals surface area contributed by atoms with E-state index in [9.17, 15) is 18.0 Å². The van der Waals surface area contributed by atoms with E-state index in [2.05, 4.69) is 5.11 Å². The number of nitrogens with zero attached hydrogens (tertiary/aromatic N) is 1. The molecule has 0 radical (unpaired) electrons. The van der Waals surface area contributed by atoms with E-state index in [1.54, 1.807) is 0 Å². The number of hydrogen-bond acceptors (Lipinski definition) is 3. The number of rotatable bonds is 3. The highest BCUT2D eigenvalue weighted by Crippen LogP contribution is 2.24. The van der Waals surface area contributed by atoms with Gasteiger partial charge in [-0.25, -0.2) is 5.53 Å². The Hall–Kier alpha value is -1.14. The molecule has 0 amide bonds. The van der Waals surface area contributed by atoms with E-state index in [1.165, 1.54) is 0 Å². The number of halogens is 3. The summed E-state index contributed by atoms with van der Waals surface area (Å²) in [5, 5.41) is 10.1. The molecular weight excluding hydrogens is 165 g/mol. The highest BCUT2D eigenvalue weighted by Gasteiger charge is 2.41. The average molecular weight is 170 g/mol. The van der Waals surface area contributed by atoms with Crippen molar-refractivity contribution in [2.75, 3.05) is 0 Å². The van der Waals surface area contributed by atoms with Gasteiger partial charge in [-0.05, 0) is 0 Å². The molecule has 2 N–H and O–H groups in total. The van der Waals surface area contributed by atoms with E-state index in [4.69, 9.17) is 10.6 Å². The van der Waals surface area contributed by atoms with E-state index in [0.29, 0.717) is 0 Å². The van der Waals surface area contributed by atoms with Crippen molar-refractivity contribution in [1.82, 2.24) is 0 Å². The lowest BCUT2D eigenvalue weighted by molar-refractivity contribution is -0.161. The highest BCUT2D eigenvalue weighted by molar-refractivity contribution is 5.67. The molecule has 11 heavy (non-hydrogen) atoms. The second-order valence-corrected chi connectivity index (χ2v) is 1.78. The Bertz CT molecular complexity index is 167. The largest absolute Gasteiger partial charge is 0.481 e. The van der Waals surface area contributed by atoms with Gasteiger partial charge in [-0.1, -0.05) is 0 Å². The normalized spacial score (nSPS) is 14.1. The van der Waals surface area contributed by atoms with Crippen LogP contribution in [0, 0.1) is 5.53 Å². The van der Waals surface area contributed by atoms with Gasteiger partial charge in [0.05, 0.1) is 6.42 Å². The molecule has 0 aliphatic carbocycles. The fraction of sp³-hybridized carbons (Fsp3) is 0.750. The molecule has 0 aromatic carbocycles. The molecule has 0 saturated heterocycles. The van der Waals surface area contributed by atoms with Gasteiger partial charge in [0.2, 0.25) is 0 Å². The first-order valence-corrected chi connectivity index (χ1v) is 2.53. The Labute approximate surface area is 59.5 Å². The molecule has 1 atom stereocenters. The molecule has 0 bridgehead atoms. The van der Waals surface area contributed by atoms with Gasteiger partial charge in [0, 0.05) is 0 Å². The Morgan fingerprint density at radius 1 is 1.64 bits per heavy atom. The average Bonchev–Trinajstić information content (AvgIpc) is 1.79. The predicted octanol–water partition coefficient (Wildman–Crippen LogP) is 1.42. The molecule has 0 aliphatic rings. The number of carboxylic acid groups (broad SMARTS) is 1. The van der Waals surface area contributed by atoms with Crippen molar-refractivity contribution in [3.8, 4) is 0 Å². The van der Waals surface area contributed by atoms with Gasteiger partial charge < -0.3 is 5.11 Å². The highest BCUT2D eigenvalue weighted by atomic mass is 19.4. The van der Waals surface area contributed by atoms with Crippen LogP contribution in [-0.4, -0.2) is 23.3 Å². The fourth-order valence-corrected chi connectivity index (χ4v) is 0.400. The molecule has 0 rings (SSSR count). The molecule has 7 heteroatoms. The van der Waals surface area contributed by atoms with Crippen molar-refractivity contribution < 1.29 is 23.1 Å². The van der Waals surface area contributed by atoms with Crippen LogP contribution in [0.25, 0.3) is 0 Å². The molecule has 0 saturated carbocycles. The Morgan fingerprint density at radius 3 is 2.18 bits per heavy atom. The molecule has 0 heterocycles. The quantitative estimate of drug-likeness (QED) is 0.628. The van der Waals surface area contributed by atoms with E-state index in [-0.39, 0.29) is 0 Å². The van der Waals surface area contributed by atoms with E-state index < -0.39 is 24.6 Å². The van der Waals surface area contributed by atoms with Crippen molar-refractivity contribution >= 4 is 5.97 Å². The number of carboxylic acids is 1. The minimum atomic E-state index is -4.74. The number of alkyl halides is 3. The van der Waals surface area contributed by atoms with Crippen LogP contribution >= 0.6 is 0 Å². The lowest BCUT2D eigenvalue weighted by atomic mass is 10.2. The van der Waals surface area contributed by atoms with Crippen molar-refractivity contribution in [2.24, 2.45) is 5.11 Å². The second-order valence-electron chi connectivity index (χ2n) is 1.78. The van der Waals surface area contributed by atoms with Gasteiger partial charge in [0.15, 0.2) is 6.04 Å². The monoisotopic (exact) mass is 170 g/mol. The molecule has 0 aromatic rings.